The van der Waals surface area contributed by atoms with Gasteiger partial charge in [-0.25, -0.2) is 0 Å². The van der Waals surface area contributed by atoms with E-state index in [0.29, 0.717) is 0 Å². The Morgan fingerprint density at radius 1 is 1.05 bits per heavy atom. The zero-order valence-electron chi connectivity index (χ0n) is 10.4. The van der Waals surface area contributed by atoms with Crippen LogP contribution in [0.1, 0.15) is 6.42 Å². The van der Waals surface area contributed by atoms with Crippen LogP contribution in [-0.2, 0) is 14.4 Å². The average Bonchev–Trinajstić information content (AvgIpc) is 2.32. The first-order valence-corrected chi connectivity index (χ1v) is 5.71. The van der Waals surface area contributed by atoms with Gasteiger partial charge < -0.3 is 31.3 Å². The number of hydrogen-bond acceptors (Lipinski definition) is 6. The standard InChI is InChI=1S/C10H19N3O6/c14-2-1-12-8(15)3-7(13-6-10(18)19)4-11-5-9(16)17/h7,11,13-14H,1-6H2,(H,12,15)(H,16,17)(H,18,19). The van der Waals surface area contributed by atoms with Crippen molar-refractivity contribution in [2.75, 3.05) is 32.8 Å². The Labute approximate surface area is 110 Å². The van der Waals surface area contributed by atoms with Crippen molar-refractivity contribution in [1.29, 1.82) is 0 Å². The van der Waals surface area contributed by atoms with E-state index >= 15 is 0 Å². The van der Waals surface area contributed by atoms with Gasteiger partial charge in [-0.2, -0.15) is 0 Å². The lowest BCUT2D eigenvalue weighted by atomic mass is 10.2. The Kier molecular flexibility index (Phi) is 9.31. The summed E-state index contributed by atoms with van der Waals surface area (Å²) in [5.41, 5.74) is 0. The third-order valence-electron chi connectivity index (χ3n) is 2.07. The second kappa shape index (κ2) is 10.2. The molecule has 0 spiro atoms. The monoisotopic (exact) mass is 277 g/mol. The van der Waals surface area contributed by atoms with Crippen molar-refractivity contribution in [2.24, 2.45) is 0 Å². The SMILES string of the molecule is O=C(O)CNCC(CC(=O)NCCO)NCC(=O)O. The Morgan fingerprint density at radius 3 is 2.21 bits per heavy atom. The van der Waals surface area contributed by atoms with E-state index in [1.54, 1.807) is 0 Å². The summed E-state index contributed by atoms with van der Waals surface area (Å²) in [4.78, 5) is 32.2. The van der Waals surface area contributed by atoms with E-state index in [2.05, 4.69) is 16.0 Å². The number of carboxylic acid groups (broad SMARTS) is 2. The van der Waals surface area contributed by atoms with Crippen molar-refractivity contribution in [3.63, 3.8) is 0 Å². The van der Waals surface area contributed by atoms with Crippen LogP contribution in [0.25, 0.3) is 0 Å². The summed E-state index contributed by atoms with van der Waals surface area (Å²) in [5.74, 6) is -2.46. The highest BCUT2D eigenvalue weighted by Gasteiger charge is 2.14. The molecule has 9 heteroatoms. The van der Waals surface area contributed by atoms with Gasteiger partial charge in [0.25, 0.3) is 0 Å². The van der Waals surface area contributed by atoms with Crippen LogP contribution in [0, 0.1) is 0 Å². The van der Waals surface area contributed by atoms with Crippen molar-refractivity contribution in [3.8, 4) is 0 Å². The highest BCUT2D eigenvalue weighted by atomic mass is 16.4. The number of amides is 1. The third kappa shape index (κ3) is 11.1. The Balaban J connectivity index is 4.11. The number of aliphatic carboxylic acids is 2. The molecule has 0 aliphatic rings. The maximum absolute atomic E-state index is 11.4. The minimum Gasteiger partial charge on any atom is -0.480 e. The van der Waals surface area contributed by atoms with Gasteiger partial charge in [-0.1, -0.05) is 0 Å². The molecule has 9 nitrogen and oxygen atoms in total. The molecule has 0 saturated heterocycles. The fourth-order valence-corrected chi connectivity index (χ4v) is 1.29. The first-order valence-electron chi connectivity index (χ1n) is 5.71. The number of aliphatic hydroxyl groups is 1. The molecule has 0 saturated carbocycles. The second-order valence-electron chi connectivity index (χ2n) is 3.77. The molecule has 1 atom stereocenters. The van der Waals surface area contributed by atoms with E-state index in [0.717, 1.165) is 0 Å². The molecule has 0 aromatic heterocycles. The van der Waals surface area contributed by atoms with Gasteiger partial charge in [0.2, 0.25) is 5.91 Å². The lowest BCUT2D eigenvalue weighted by Gasteiger charge is -2.17. The minimum absolute atomic E-state index is 0.0140. The molecule has 0 aromatic rings. The Hall–Kier alpha value is -1.71. The molecule has 6 N–H and O–H groups in total. The van der Waals surface area contributed by atoms with Gasteiger partial charge in [0.15, 0.2) is 0 Å². The van der Waals surface area contributed by atoms with Crippen LogP contribution in [0.4, 0.5) is 0 Å². The first-order chi connectivity index (χ1) is 8.95. The molecule has 0 aliphatic carbocycles. The molecule has 0 rings (SSSR count). The van der Waals surface area contributed by atoms with Crippen LogP contribution in [0.3, 0.4) is 0 Å². The van der Waals surface area contributed by atoms with Crippen LogP contribution in [0.2, 0.25) is 0 Å². The number of carboxylic acids is 2. The quantitative estimate of drug-likeness (QED) is 0.237. The fourth-order valence-electron chi connectivity index (χ4n) is 1.29. The molecule has 0 aliphatic heterocycles. The summed E-state index contributed by atoms with van der Waals surface area (Å²) in [6.45, 7) is -0.522. The summed E-state index contributed by atoms with van der Waals surface area (Å²) in [5, 5.41) is 33.2. The van der Waals surface area contributed by atoms with Crippen molar-refractivity contribution >= 4 is 17.8 Å². The normalized spacial score (nSPS) is 11.8. The van der Waals surface area contributed by atoms with Gasteiger partial charge in [-0.3, -0.25) is 14.4 Å². The highest BCUT2D eigenvalue weighted by molar-refractivity contribution is 5.76. The summed E-state index contributed by atoms with van der Waals surface area (Å²) in [6, 6.07) is -0.505. The summed E-state index contributed by atoms with van der Waals surface area (Å²) >= 11 is 0. The van der Waals surface area contributed by atoms with Crippen LogP contribution in [-0.4, -0.2) is 72.0 Å². The Bertz CT molecular complexity index is 310. The van der Waals surface area contributed by atoms with Crippen molar-refractivity contribution in [1.82, 2.24) is 16.0 Å². The molecule has 1 unspecified atom stereocenters. The summed E-state index contributed by atoms with van der Waals surface area (Å²) in [7, 11) is 0. The molecule has 0 aromatic carbocycles. The van der Waals surface area contributed by atoms with Crippen LogP contribution < -0.4 is 16.0 Å². The van der Waals surface area contributed by atoms with Crippen molar-refractivity contribution in [2.45, 2.75) is 12.5 Å². The van der Waals surface area contributed by atoms with E-state index in [-0.39, 0.29) is 45.1 Å². The maximum atomic E-state index is 11.4. The van der Waals surface area contributed by atoms with E-state index < -0.39 is 18.0 Å². The number of hydrogen-bond donors (Lipinski definition) is 6. The number of carbonyl (C=O) groups excluding carboxylic acids is 1. The molecular formula is C10H19N3O6. The molecule has 110 valence electrons. The number of carbonyl (C=O) groups is 3. The largest absolute Gasteiger partial charge is 0.480 e. The van der Waals surface area contributed by atoms with Crippen LogP contribution in [0.15, 0.2) is 0 Å². The average molecular weight is 277 g/mol. The molecule has 19 heavy (non-hydrogen) atoms. The van der Waals surface area contributed by atoms with Gasteiger partial charge in [0, 0.05) is 25.6 Å². The van der Waals surface area contributed by atoms with Crippen molar-refractivity contribution in [3.05, 3.63) is 0 Å². The van der Waals surface area contributed by atoms with Gasteiger partial charge in [-0.15, -0.1) is 0 Å². The predicted octanol–water partition coefficient (Wildman–Crippen LogP) is -2.80. The van der Waals surface area contributed by atoms with Gasteiger partial charge in [0.05, 0.1) is 19.7 Å². The van der Waals surface area contributed by atoms with Crippen molar-refractivity contribution < 1.29 is 29.7 Å². The zero-order chi connectivity index (χ0) is 14.7. The first kappa shape index (κ1) is 17.3. The molecule has 0 heterocycles. The number of nitrogens with one attached hydrogen (secondary N) is 3. The molecule has 0 fully saturated rings. The van der Waals surface area contributed by atoms with Crippen LogP contribution >= 0.6 is 0 Å². The molecule has 0 radical (unpaired) electrons. The smallest absolute Gasteiger partial charge is 0.317 e. The van der Waals surface area contributed by atoms with E-state index in [1.807, 2.05) is 0 Å². The lowest BCUT2D eigenvalue weighted by Crippen LogP contribution is -2.45. The Morgan fingerprint density at radius 2 is 1.68 bits per heavy atom. The zero-order valence-corrected chi connectivity index (χ0v) is 10.4. The van der Waals surface area contributed by atoms with E-state index in [9.17, 15) is 14.4 Å². The molecular weight excluding hydrogens is 258 g/mol. The second-order valence-corrected chi connectivity index (χ2v) is 3.77. The minimum atomic E-state index is -1.07. The summed E-state index contributed by atoms with van der Waals surface area (Å²) < 4.78 is 0. The lowest BCUT2D eigenvalue weighted by molar-refractivity contribution is -0.137. The highest BCUT2D eigenvalue weighted by Crippen LogP contribution is 1.91. The molecule has 0 bridgehead atoms. The van der Waals surface area contributed by atoms with E-state index in [1.165, 1.54) is 0 Å². The van der Waals surface area contributed by atoms with Crippen LogP contribution in [0.5, 0.6) is 0 Å². The topological polar surface area (TPSA) is 148 Å². The summed E-state index contributed by atoms with van der Waals surface area (Å²) in [6.07, 6.45) is -0.0140. The van der Waals surface area contributed by atoms with Gasteiger partial charge in [0.1, 0.15) is 0 Å². The van der Waals surface area contributed by atoms with Gasteiger partial charge >= 0.3 is 11.9 Å². The number of rotatable bonds is 11. The maximum Gasteiger partial charge on any atom is 0.317 e. The molecule has 1 amide bonds. The fraction of sp³-hybridized carbons (Fsp3) is 0.700. The van der Waals surface area contributed by atoms with Gasteiger partial charge in [-0.05, 0) is 0 Å². The predicted molar refractivity (Wildman–Crippen MR) is 64.6 cm³/mol. The third-order valence-corrected chi connectivity index (χ3v) is 2.07. The van der Waals surface area contributed by atoms with E-state index in [4.69, 9.17) is 15.3 Å². The number of aliphatic hydroxyl groups excluding tert-OH is 1.